The minimum atomic E-state index is -3.12. The highest BCUT2D eigenvalue weighted by Gasteiger charge is 2.29. The molecule has 120 valence electrons. The first-order chi connectivity index (χ1) is 10.1. The van der Waals surface area contributed by atoms with Crippen LogP contribution in [0.2, 0.25) is 0 Å². The molecule has 6 heteroatoms. The normalized spacial score (nSPS) is 12.5. The van der Waals surface area contributed by atoms with Crippen LogP contribution in [0, 0.1) is 0 Å². The molecule has 0 unspecified atom stereocenters. The van der Waals surface area contributed by atoms with Gasteiger partial charge in [0.2, 0.25) is 0 Å². The summed E-state index contributed by atoms with van der Waals surface area (Å²) in [4.78, 5) is 14.6. The first-order valence-corrected chi connectivity index (χ1v) is 9.99. The monoisotopic (exact) mass is 339 g/mol. The number of benzene rings is 1. The van der Waals surface area contributed by atoms with E-state index < -0.39 is 15.4 Å². The summed E-state index contributed by atoms with van der Waals surface area (Å²) < 4.78 is 24.0. The van der Waals surface area contributed by atoms with Crippen molar-refractivity contribution in [3.8, 4) is 0 Å². The number of sulfone groups is 1. The van der Waals surface area contributed by atoms with Crippen molar-refractivity contribution >= 4 is 37.2 Å². The predicted octanol–water partition coefficient (Wildman–Crippen LogP) is 3.19. The molecule has 1 amide bonds. The molecule has 0 aliphatic rings. The quantitative estimate of drug-likeness (QED) is 0.859. The van der Waals surface area contributed by atoms with Gasteiger partial charge < -0.3 is 4.90 Å². The van der Waals surface area contributed by atoms with Gasteiger partial charge in [-0.05, 0) is 26.8 Å². The van der Waals surface area contributed by atoms with Crippen LogP contribution in [0.1, 0.15) is 31.1 Å². The van der Waals surface area contributed by atoms with Crippen LogP contribution in [0.25, 0.3) is 10.1 Å². The number of carbonyl (C=O) groups excluding carboxylic acids is 1. The number of carbonyl (C=O) groups is 1. The van der Waals surface area contributed by atoms with Gasteiger partial charge in [0.15, 0.2) is 0 Å². The molecule has 1 aromatic carbocycles. The summed E-state index contributed by atoms with van der Waals surface area (Å²) in [5, 5.41) is 2.78. The van der Waals surface area contributed by atoms with Crippen molar-refractivity contribution in [2.45, 2.75) is 26.3 Å². The van der Waals surface area contributed by atoms with Gasteiger partial charge in [-0.3, -0.25) is 4.79 Å². The van der Waals surface area contributed by atoms with Gasteiger partial charge in [-0.25, -0.2) is 8.42 Å². The van der Waals surface area contributed by atoms with E-state index in [1.54, 1.807) is 4.90 Å². The molecule has 0 N–H and O–H groups in total. The lowest BCUT2D eigenvalue weighted by Gasteiger charge is -2.35. The van der Waals surface area contributed by atoms with Gasteiger partial charge in [0.1, 0.15) is 9.84 Å². The Morgan fingerprint density at radius 2 is 1.86 bits per heavy atom. The first-order valence-electron chi connectivity index (χ1n) is 7.05. The Balaban J connectivity index is 2.37. The summed E-state index contributed by atoms with van der Waals surface area (Å²) in [6.45, 7) is 5.95. The smallest absolute Gasteiger partial charge is 0.255 e. The maximum Gasteiger partial charge on any atom is 0.255 e. The molecule has 22 heavy (non-hydrogen) atoms. The predicted molar refractivity (Wildman–Crippen MR) is 92.3 cm³/mol. The van der Waals surface area contributed by atoms with Crippen molar-refractivity contribution in [3.63, 3.8) is 0 Å². The summed E-state index contributed by atoms with van der Waals surface area (Å²) in [6.07, 6.45) is 1.19. The Morgan fingerprint density at radius 1 is 1.23 bits per heavy atom. The van der Waals surface area contributed by atoms with Crippen LogP contribution in [0.4, 0.5) is 0 Å². The molecule has 0 aliphatic heterocycles. The van der Waals surface area contributed by atoms with Crippen molar-refractivity contribution in [3.05, 3.63) is 35.2 Å². The van der Waals surface area contributed by atoms with Crippen LogP contribution in [-0.2, 0) is 9.84 Å². The Bertz CT molecular complexity index is 785. The van der Waals surface area contributed by atoms with Crippen LogP contribution in [0.3, 0.4) is 0 Å². The minimum Gasteiger partial charge on any atom is -0.333 e. The highest BCUT2D eigenvalue weighted by atomic mass is 32.2. The minimum absolute atomic E-state index is 0.0297. The number of rotatable bonds is 4. The van der Waals surface area contributed by atoms with Gasteiger partial charge in [-0.15, -0.1) is 11.3 Å². The van der Waals surface area contributed by atoms with Crippen LogP contribution in [0.5, 0.6) is 0 Å². The van der Waals surface area contributed by atoms with E-state index in [2.05, 4.69) is 0 Å². The number of nitrogens with zero attached hydrogens (tertiary/aromatic N) is 1. The fraction of sp³-hybridized carbons (Fsp3) is 0.438. The molecule has 0 atom stereocenters. The summed E-state index contributed by atoms with van der Waals surface area (Å²) in [6, 6.07) is 7.76. The van der Waals surface area contributed by atoms with Gasteiger partial charge in [0, 0.05) is 33.8 Å². The summed E-state index contributed by atoms with van der Waals surface area (Å²) in [5.41, 5.74) is 0.203. The number of hydrogen-bond acceptors (Lipinski definition) is 4. The molecular formula is C16H21NO3S2. The Morgan fingerprint density at radius 3 is 2.45 bits per heavy atom. The standard InChI is InChI=1S/C16H21NO3S2/c1-16(2,3)17(9-10-22(4,19)20)15(18)13-11-21-14-8-6-5-7-12(13)14/h5-8,11H,9-10H2,1-4H3. The van der Waals surface area contributed by atoms with Crippen LogP contribution in [0.15, 0.2) is 29.6 Å². The Kier molecular flexibility index (Phi) is 4.63. The number of hydrogen-bond donors (Lipinski definition) is 0. The van der Waals surface area contributed by atoms with Crippen molar-refractivity contribution in [2.75, 3.05) is 18.6 Å². The van der Waals surface area contributed by atoms with Gasteiger partial charge in [0.25, 0.3) is 5.91 Å². The van der Waals surface area contributed by atoms with E-state index in [4.69, 9.17) is 0 Å². The first kappa shape index (κ1) is 17.0. The van der Waals surface area contributed by atoms with E-state index in [9.17, 15) is 13.2 Å². The van der Waals surface area contributed by atoms with Gasteiger partial charge >= 0.3 is 0 Å². The topological polar surface area (TPSA) is 54.5 Å². The molecule has 1 aromatic heterocycles. The second-order valence-electron chi connectivity index (χ2n) is 6.40. The van der Waals surface area contributed by atoms with E-state index in [1.165, 1.54) is 17.6 Å². The number of thiophene rings is 1. The number of fused-ring (bicyclic) bond motifs is 1. The molecule has 0 spiro atoms. The zero-order chi connectivity index (χ0) is 16.5. The molecule has 1 heterocycles. The average Bonchev–Trinajstić information content (AvgIpc) is 2.79. The van der Waals surface area contributed by atoms with Gasteiger partial charge in [-0.2, -0.15) is 0 Å². The molecule has 2 aromatic rings. The van der Waals surface area contributed by atoms with Crippen molar-refractivity contribution in [1.82, 2.24) is 4.90 Å². The highest BCUT2D eigenvalue weighted by molar-refractivity contribution is 7.90. The SMILES string of the molecule is CC(C)(C)N(CCS(C)(=O)=O)C(=O)c1csc2ccccc12. The molecular weight excluding hydrogens is 318 g/mol. The van der Waals surface area contributed by atoms with Gasteiger partial charge in [0.05, 0.1) is 11.3 Å². The number of amides is 1. The van der Waals surface area contributed by atoms with E-state index >= 15 is 0 Å². The van der Waals surface area contributed by atoms with Crippen LogP contribution >= 0.6 is 11.3 Å². The summed E-state index contributed by atoms with van der Waals surface area (Å²) in [5.74, 6) is -0.147. The Labute approximate surface area is 135 Å². The second-order valence-corrected chi connectivity index (χ2v) is 9.57. The second kappa shape index (κ2) is 6.01. The van der Waals surface area contributed by atoms with Crippen molar-refractivity contribution in [1.29, 1.82) is 0 Å². The largest absolute Gasteiger partial charge is 0.333 e. The highest BCUT2D eigenvalue weighted by Crippen LogP contribution is 2.28. The third-order valence-corrected chi connectivity index (χ3v) is 5.34. The molecule has 0 radical (unpaired) electrons. The van der Waals surface area contributed by atoms with Crippen LogP contribution in [-0.4, -0.2) is 43.3 Å². The maximum atomic E-state index is 12.9. The zero-order valence-electron chi connectivity index (χ0n) is 13.3. The maximum absolute atomic E-state index is 12.9. The van der Waals surface area contributed by atoms with Crippen LogP contribution < -0.4 is 0 Å². The molecule has 0 saturated heterocycles. The van der Waals surface area contributed by atoms with Gasteiger partial charge in [-0.1, -0.05) is 18.2 Å². The third-order valence-electron chi connectivity index (χ3n) is 3.45. The average molecular weight is 339 g/mol. The van der Waals surface area contributed by atoms with E-state index in [1.807, 2.05) is 50.4 Å². The molecule has 0 aliphatic carbocycles. The molecule has 4 nitrogen and oxygen atoms in total. The van der Waals surface area contributed by atoms with Crippen molar-refractivity contribution in [2.24, 2.45) is 0 Å². The molecule has 0 saturated carbocycles. The lowest BCUT2D eigenvalue weighted by Crippen LogP contribution is -2.47. The summed E-state index contributed by atoms with van der Waals surface area (Å²) in [7, 11) is -3.12. The fourth-order valence-electron chi connectivity index (χ4n) is 2.29. The lowest BCUT2D eigenvalue weighted by molar-refractivity contribution is 0.0604. The van der Waals surface area contributed by atoms with E-state index in [0.29, 0.717) is 5.56 Å². The molecule has 0 fully saturated rings. The van der Waals surface area contributed by atoms with E-state index in [0.717, 1.165) is 10.1 Å². The fourth-order valence-corrected chi connectivity index (χ4v) is 3.74. The van der Waals surface area contributed by atoms with Crippen molar-refractivity contribution < 1.29 is 13.2 Å². The zero-order valence-corrected chi connectivity index (χ0v) is 14.9. The molecule has 2 rings (SSSR count). The molecule has 0 bridgehead atoms. The Hall–Kier alpha value is -1.40. The lowest BCUT2D eigenvalue weighted by atomic mass is 10.0. The summed E-state index contributed by atoms with van der Waals surface area (Å²) >= 11 is 1.53. The van der Waals surface area contributed by atoms with E-state index in [-0.39, 0.29) is 18.2 Å². The third kappa shape index (κ3) is 3.87.